The van der Waals surface area contributed by atoms with Crippen LogP contribution in [0, 0.1) is 10.1 Å². The van der Waals surface area contributed by atoms with E-state index >= 15 is 0 Å². The number of pyridine rings is 1. The molecule has 1 N–H and O–H groups in total. The first-order valence-corrected chi connectivity index (χ1v) is 7.31. The molecule has 1 heterocycles. The maximum Gasteiger partial charge on any atom is 0.271 e. The number of rotatable bonds is 6. The molecule has 0 unspecified atom stereocenters. The smallest absolute Gasteiger partial charge is 0.271 e. The zero-order valence-corrected chi connectivity index (χ0v) is 12.8. The van der Waals surface area contributed by atoms with Crippen LogP contribution in [0.15, 0.2) is 67.4 Å². The zero-order valence-electron chi connectivity index (χ0n) is 12.8. The Kier molecular flexibility index (Phi) is 4.38. The highest BCUT2D eigenvalue weighted by Crippen LogP contribution is 2.29. The van der Waals surface area contributed by atoms with Crippen LogP contribution in [0.3, 0.4) is 0 Å². The van der Waals surface area contributed by atoms with Gasteiger partial charge in [-0.25, -0.2) is 0 Å². The van der Waals surface area contributed by atoms with Gasteiger partial charge in [-0.1, -0.05) is 18.7 Å². The molecule has 0 amide bonds. The van der Waals surface area contributed by atoms with Gasteiger partial charge in [0, 0.05) is 41.2 Å². The summed E-state index contributed by atoms with van der Waals surface area (Å²) >= 11 is 0. The number of nitro groups is 1. The van der Waals surface area contributed by atoms with Crippen LogP contribution in [0.1, 0.15) is 0 Å². The Bertz CT molecular complexity index is 909. The number of nitro benzene ring substituents is 1. The monoisotopic (exact) mass is 321 g/mol. The summed E-state index contributed by atoms with van der Waals surface area (Å²) in [6.45, 7) is 4.05. The molecule has 0 aliphatic rings. The van der Waals surface area contributed by atoms with E-state index in [1.807, 2.05) is 24.3 Å². The van der Waals surface area contributed by atoms with Gasteiger partial charge in [-0.15, -0.1) is 0 Å². The summed E-state index contributed by atoms with van der Waals surface area (Å²) in [6.07, 6.45) is 3.36. The molecule has 24 heavy (non-hydrogen) atoms. The van der Waals surface area contributed by atoms with Gasteiger partial charge in [0.2, 0.25) is 0 Å². The third kappa shape index (κ3) is 3.33. The second kappa shape index (κ2) is 6.78. The van der Waals surface area contributed by atoms with Gasteiger partial charge in [0.1, 0.15) is 12.4 Å². The molecule has 120 valence electrons. The number of anilines is 2. The van der Waals surface area contributed by atoms with Crippen molar-refractivity contribution in [1.82, 2.24) is 4.98 Å². The first kappa shape index (κ1) is 15.5. The van der Waals surface area contributed by atoms with Crippen molar-refractivity contribution in [2.45, 2.75) is 0 Å². The van der Waals surface area contributed by atoms with Crippen LogP contribution >= 0.6 is 0 Å². The summed E-state index contributed by atoms with van der Waals surface area (Å²) in [4.78, 5) is 14.8. The number of fused-ring (bicyclic) bond motifs is 1. The topological polar surface area (TPSA) is 77.3 Å². The van der Waals surface area contributed by atoms with Crippen LogP contribution < -0.4 is 10.1 Å². The minimum Gasteiger partial charge on any atom is -0.489 e. The predicted molar refractivity (Wildman–Crippen MR) is 93.8 cm³/mol. The summed E-state index contributed by atoms with van der Waals surface area (Å²) in [5.41, 5.74) is 2.27. The molecule has 0 spiro atoms. The van der Waals surface area contributed by atoms with Crippen molar-refractivity contribution in [3.63, 3.8) is 0 Å². The normalized spacial score (nSPS) is 10.3. The first-order valence-electron chi connectivity index (χ1n) is 7.31. The Morgan fingerprint density at radius 1 is 1.25 bits per heavy atom. The van der Waals surface area contributed by atoms with Gasteiger partial charge in [0.15, 0.2) is 0 Å². The molecule has 0 bridgehead atoms. The molecule has 0 atom stereocenters. The zero-order chi connectivity index (χ0) is 16.9. The average molecular weight is 321 g/mol. The van der Waals surface area contributed by atoms with Crippen LogP contribution in [0.4, 0.5) is 17.1 Å². The van der Waals surface area contributed by atoms with Crippen molar-refractivity contribution < 1.29 is 9.66 Å². The number of nitrogens with zero attached hydrogens (tertiary/aromatic N) is 2. The molecule has 0 fully saturated rings. The van der Waals surface area contributed by atoms with Gasteiger partial charge in [-0.2, -0.15) is 0 Å². The Morgan fingerprint density at radius 2 is 2.12 bits per heavy atom. The maximum absolute atomic E-state index is 10.9. The Balaban J connectivity index is 1.93. The minimum absolute atomic E-state index is 0.0403. The second-order valence-corrected chi connectivity index (χ2v) is 5.07. The van der Waals surface area contributed by atoms with E-state index in [9.17, 15) is 10.1 Å². The molecule has 3 aromatic rings. The highest BCUT2D eigenvalue weighted by atomic mass is 16.6. The molecule has 6 heteroatoms. The molecule has 1 aromatic heterocycles. The molecule has 0 saturated heterocycles. The van der Waals surface area contributed by atoms with Crippen LogP contribution in [0.2, 0.25) is 0 Å². The van der Waals surface area contributed by atoms with Crippen LogP contribution in [-0.2, 0) is 0 Å². The van der Waals surface area contributed by atoms with Crippen molar-refractivity contribution in [3.05, 3.63) is 77.5 Å². The average Bonchev–Trinajstić information content (AvgIpc) is 2.60. The molecule has 2 aromatic carbocycles. The number of hydrogen-bond donors (Lipinski definition) is 1. The van der Waals surface area contributed by atoms with E-state index in [1.165, 1.54) is 12.1 Å². The van der Waals surface area contributed by atoms with Crippen molar-refractivity contribution in [2.24, 2.45) is 0 Å². The first-order chi connectivity index (χ1) is 11.7. The lowest BCUT2D eigenvalue weighted by atomic mass is 10.1. The van der Waals surface area contributed by atoms with Crippen molar-refractivity contribution in [1.29, 1.82) is 0 Å². The second-order valence-electron chi connectivity index (χ2n) is 5.07. The lowest BCUT2D eigenvalue weighted by Crippen LogP contribution is -1.96. The fourth-order valence-electron chi connectivity index (χ4n) is 2.33. The van der Waals surface area contributed by atoms with E-state index in [2.05, 4.69) is 16.9 Å². The number of nitrogens with one attached hydrogen (secondary N) is 1. The minimum atomic E-state index is -0.418. The maximum atomic E-state index is 10.9. The third-order valence-electron chi connectivity index (χ3n) is 3.42. The standard InChI is InChI=1S/C18H15N3O3/c1-2-10-24-15-6-7-16-17(8-9-19-18(16)12-15)20-13-4-3-5-14(11-13)21(22)23/h2-9,11-12H,1,10H2,(H,19,20). The van der Waals surface area contributed by atoms with Gasteiger partial charge in [0.25, 0.3) is 5.69 Å². The van der Waals surface area contributed by atoms with Crippen molar-refractivity contribution >= 4 is 28.0 Å². The van der Waals surface area contributed by atoms with Crippen LogP contribution in [-0.4, -0.2) is 16.5 Å². The number of benzene rings is 2. The molecular weight excluding hydrogens is 306 g/mol. The predicted octanol–water partition coefficient (Wildman–Crippen LogP) is 4.45. The fourth-order valence-corrected chi connectivity index (χ4v) is 2.33. The van der Waals surface area contributed by atoms with E-state index in [1.54, 1.807) is 24.4 Å². The number of ether oxygens (including phenoxy) is 1. The van der Waals surface area contributed by atoms with E-state index < -0.39 is 4.92 Å². The quantitative estimate of drug-likeness (QED) is 0.412. The highest BCUT2D eigenvalue weighted by Gasteiger charge is 2.08. The summed E-state index contributed by atoms with van der Waals surface area (Å²) < 4.78 is 5.51. The van der Waals surface area contributed by atoms with Crippen LogP contribution in [0.5, 0.6) is 5.75 Å². The van der Waals surface area contributed by atoms with Crippen LogP contribution in [0.25, 0.3) is 10.9 Å². The SMILES string of the molecule is C=CCOc1ccc2c(Nc3cccc([N+](=O)[O-])c3)ccnc2c1. The van der Waals surface area contributed by atoms with E-state index in [4.69, 9.17) is 4.74 Å². The number of non-ortho nitro benzene ring substituents is 1. The van der Waals surface area contributed by atoms with Gasteiger partial charge in [-0.3, -0.25) is 15.1 Å². The Labute approximate surface area is 138 Å². The third-order valence-corrected chi connectivity index (χ3v) is 3.42. The summed E-state index contributed by atoms with van der Waals surface area (Å²) in [5.74, 6) is 0.711. The number of hydrogen-bond acceptors (Lipinski definition) is 5. The molecular formula is C18H15N3O3. The van der Waals surface area contributed by atoms with E-state index in [0.717, 1.165) is 16.6 Å². The summed E-state index contributed by atoms with van der Waals surface area (Å²) in [6, 6.07) is 13.8. The fraction of sp³-hybridized carbons (Fsp3) is 0.0556. The van der Waals surface area contributed by atoms with Gasteiger partial charge in [0.05, 0.1) is 10.4 Å². The lowest BCUT2D eigenvalue weighted by molar-refractivity contribution is -0.384. The molecule has 3 rings (SSSR count). The Morgan fingerprint density at radius 3 is 2.92 bits per heavy atom. The molecule has 6 nitrogen and oxygen atoms in total. The van der Waals surface area contributed by atoms with Crippen molar-refractivity contribution in [2.75, 3.05) is 11.9 Å². The summed E-state index contributed by atoms with van der Waals surface area (Å²) in [5, 5.41) is 15.0. The van der Waals surface area contributed by atoms with E-state index in [-0.39, 0.29) is 5.69 Å². The van der Waals surface area contributed by atoms with Gasteiger partial charge >= 0.3 is 0 Å². The highest BCUT2D eigenvalue weighted by molar-refractivity contribution is 5.93. The summed E-state index contributed by atoms with van der Waals surface area (Å²) in [7, 11) is 0. The molecule has 0 saturated carbocycles. The molecule has 0 radical (unpaired) electrons. The Hall–Kier alpha value is -3.41. The number of aromatic nitrogens is 1. The molecule has 0 aliphatic carbocycles. The lowest BCUT2D eigenvalue weighted by Gasteiger charge is -2.10. The largest absolute Gasteiger partial charge is 0.489 e. The van der Waals surface area contributed by atoms with E-state index in [0.29, 0.717) is 18.0 Å². The van der Waals surface area contributed by atoms with Gasteiger partial charge in [-0.05, 0) is 24.3 Å². The molecule has 0 aliphatic heterocycles. The van der Waals surface area contributed by atoms with Gasteiger partial charge < -0.3 is 10.1 Å². The van der Waals surface area contributed by atoms with Crippen molar-refractivity contribution in [3.8, 4) is 5.75 Å².